The Labute approximate surface area is 162 Å². The van der Waals surface area contributed by atoms with E-state index in [1.165, 1.54) is 18.2 Å². The van der Waals surface area contributed by atoms with Crippen molar-refractivity contribution in [2.75, 3.05) is 5.32 Å². The van der Waals surface area contributed by atoms with Crippen LogP contribution in [0.25, 0.3) is 6.08 Å². The van der Waals surface area contributed by atoms with Gasteiger partial charge in [-0.25, -0.2) is 0 Å². The van der Waals surface area contributed by atoms with Crippen molar-refractivity contribution in [1.29, 1.82) is 0 Å². The zero-order chi connectivity index (χ0) is 19.8. The van der Waals surface area contributed by atoms with Crippen LogP contribution in [-0.2, 0) is 4.79 Å². The van der Waals surface area contributed by atoms with Crippen molar-refractivity contribution in [3.05, 3.63) is 70.3 Å². The van der Waals surface area contributed by atoms with Gasteiger partial charge in [0.05, 0.1) is 11.0 Å². The second-order valence-corrected chi connectivity index (χ2v) is 6.23. The quantitative estimate of drug-likeness (QED) is 0.339. The van der Waals surface area contributed by atoms with Gasteiger partial charge in [0, 0.05) is 30.0 Å². The molecule has 0 spiro atoms. The molecule has 0 saturated carbocycles. The van der Waals surface area contributed by atoms with Crippen molar-refractivity contribution in [3.8, 4) is 5.75 Å². The highest BCUT2D eigenvalue weighted by atomic mass is 32.1. The number of non-ortho nitro benzene ring substituents is 1. The smallest absolute Gasteiger partial charge is 0.269 e. The predicted octanol–water partition coefficient (Wildman–Crippen LogP) is 3.91. The van der Waals surface area contributed by atoms with Crippen molar-refractivity contribution in [2.45, 2.75) is 20.0 Å². The SMILES string of the molecule is CC(C)Oc1cccc(NC(=S)NC(=O)/C=C/c2ccc([N+](=O)[O-])cc2)c1. The number of nitrogens with zero attached hydrogens (tertiary/aromatic N) is 1. The van der Waals surface area contributed by atoms with Crippen LogP contribution in [-0.4, -0.2) is 22.0 Å². The highest BCUT2D eigenvalue weighted by Crippen LogP contribution is 2.18. The molecule has 0 radical (unpaired) electrons. The molecule has 2 aromatic rings. The van der Waals surface area contributed by atoms with E-state index >= 15 is 0 Å². The van der Waals surface area contributed by atoms with Gasteiger partial charge in [-0.05, 0) is 62.0 Å². The molecule has 0 atom stereocenters. The summed E-state index contributed by atoms with van der Waals surface area (Å²) >= 11 is 5.13. The largest absolute Gasteiger partial charge is 0.491 e. The van der Waals surface area contributed by atoms with Crippen molar-refractivity contribution in [2.24, 2.45) is 0 Å². The zero-order valence-electron chi connectivity index (χ0n) is 14.8. The van der Waals surface area contributed by atoms with Crippen molar-refractivity contribution >= 4 is 40.7 Å². The van der Waals surface area contributed by atoms with Gasteiger partial charge >= 0.3 is 0 Å². The Kier molecular flexibility index (Phi) is 7.01. The topological polar surface area (TPSA) is 93.5 Å². The Morgan fingerprint density at radius 1 is 1.22 bits per heavy atom. The minimum Gasteiger partial charge on any atom is -0.491 e. The van der Waals surface area contributed by atoms with Crippen molar-refractivity contribution in [3.63, 3.8) is 0 Å². The maximum absolute atomic E-state index is 11.9. The maximum Gasteiger partial charge on any atom is 0.269 e. The molecule has 0 saturated heterocycles. The van der Waals surface area contributed by atoms with E-state index in [1.54, 1.807) is 30.3 Å². The van der Waals surface area contributed by atoms with Gasteiger partial charge in [0.2, 0.25) is 5.91 Å². The van der Waals surface area contributed by atoms with Gasteiger partial charge in [0.25, 0.3) is 5.69 Å². The molecule has 0 bridgehead atoms. The average Bonchev–Trinajstić information content (AvgIpc) is 2.60. The molecule has 2 N–H and O–H groups in total. The summed E-state index contributed by atoms with van der Waals surface area (Å²) in [6.07, 6.45) is 2.89. The van der Waals surface area contributed by atoms with Crippen LogP contribution < -0.4 is 15.4 Å². The molecular formula is C19H19N3O4S. The molecule has 140 valence electrons. The molecular weight excluding hydrogens is 366 g/mol. The van der Waals surface area contributed by atoms with Crippen LogP contribution >= 0.6 is 12.2 Å². The van der Waals surface area contributed by atoms with E-state index in [1.807, 2.05) is 26.0 Å². The van der Waals surface area contributed by atoms with Crippen LogP contribution in [0.5, 0.6) is 5.75 Å². The molecule has 27 heavy (non-hydrogen) atoms. The normalized spacial score (nSPS) is 10.6. The fourth-order valence-electron chi connectivity index (χ4n) is 2.11. The number of hydrogen-bond acceptors (Lipinski definition) is 5. The zero-order valence-corrected chi connectivity index (χ0v) is 15.7. The number of amides is 1. The van der Waals surface area contributed by atoms with Gasteiger partial charge in [-0.15, -0.1) is 0 Å². The first-order chi connectivity index (χ1) is 12.8. The Morgan fingerprint density at radius 3 is 2.56 bits per heavy atom. The molecule has 0 aromatic heterocycles. The van der Waals surface area contributed by atoms with E-state index in [9.17, 15) is 14.9 Å². The molecule has 2 rings (SSSR count). The number of thiocarbonyl (C=S) groups is 1. The summed E-state index contributed by atoms with van der Waals surface area (Å²) in [5.74, 6) is 0.280. The molecule has 1 amide bonds. The number of anilines is 1. The highest BCUT2D eigenvalue weighted by Gasteiger charge is 2.05. The van der Waals surface area contributed by atoms with E-state index in [-0.39, 0.29) is 16.9 Å². The first-order valence-corrected chi connectivity index (χ1v) is 8.55. The molecule has 2 aromatic carbocycles. The molecule has 8 heteroatoms. The lowest BCUT2D eigenvalue weighted by atomic mass is 10.2. The molecule has 0 fully saturated rings. The third kappa shape index (κ3) is 6.87. The number of carbonyl (C=O) groups excluding carboxylic acids is 1. The Morgan fingerprint density at radius 2 is 1.93 bits per heavy atom. The van der Waals surface area contributed by atoms with Gasteiger partial charge in [0.1, 0.15) is 5.75 Å². The average molecular weight is 385 g/mol. The van der Waals surface area contributed by atoms with E-state index in [4.69, 9.17) is 17.0 Å². The van der Waals surface area contributed by atoms with Gasteiger partial charge in [-0.2, -0.15) is 0 Å². The number of rotatable bonds is 6. The molecule has 0 heterocycles. The number of benzene rings is 2. The third-order valence-corrected chi connectivity index (χ3v) is 3.44. The third-order valence-electron chi connectivity index (χ3n) is 3.23. The maximum atomic E-state index is 11.9. The highest BCUT2D eigenvalue weighted by molar-refractivity contribution is 7.80. The summed E-state index contributed by atoms with van der Waals surface area (Å²) in [5, 5.41) is 16.2. The monoisotopic (exact) mass is 385 g/mol. The fourth-order valence-corrected chi connectivity index (χ4v) is 2.33. The number of carbonyl (C=O) groups is 1. The summed E-state index contributed by atoms with van der Waals surface area (Å²) in [6.45, 7) is 3.87. The van der Waals surface area contributed by atoms with E-state index in [0.29, 0.717) is 17.0 Å². The summed E-state index contributed by atoms with van der Waals surface area (Å²) < 4.78 is 5.60. The van der Waals surface area contributed by atoms with E-state index < -0.39 is 10.8 Å². The number of ether oxygens (including phenoxy) is 1. The number of nitro benzene ring substituents is 1. The Hall–Kier alpha value is -3.26. The first kappa shape index (κ1) is 20.1. The van der Waals surface area contributed by atoms with E-state index in [2.05, 4.69) is 10.6 Å². The molecule has 0 aliphatic heterocycles. The van der Waals surface area contributed by atoms with Crippen LogP contribution in [0.4, 0.5) is 11.4 Å². The first-order valence-electron chi connectivity index (χ1n) is 8.14. The summed E-state index contributed by atoms with van der Waals surface area (Å²) in [7, 11) is 0. The van der Waals surface area contributed by atoms with Gasteiger partial charge in [0.15, 0.2) is 5.11 Å². The second kappa shape index (κ2) is 9.44. The van der Waals surface area contributed by atoms with Crippen LogP contribution in [0.3, 0.4) is 0 Å². The molecule has 0 aliphatic carbocycles. The van der Waals surface area contributed by atoms with Crippen LogP contribution in [0.15, 0.2) is 54.6 Å². The van der Waals surface area contributed by atoms with Crippen LogP contribution in [0.1, 0.15) is 19.4 Å². The van der Waals surface area contributed by atoms with Crippen LogP contribution in [0, 0.1) is 10.1 Å². The summed E-state index contributed by atoms with van der Waals surface area (Å²) in [5.41, 5.74) is 1.34. The van der Waals surface area contributed by atoms with Gasteiger partial charge in [-0.1, -0.05) is 6.07 Å². The fraction of sp³-hybridized carbons (Fsp3) is 0.158. The Balaban J connectivity index is 1.89. The number of hydrogen-bond donors (Lipinski definition) is 2. The van der Waals surface area contributed by atoms with Crippen molar-refractivity contribution in [1.82, 2.24) is 5.32 Å². The van der Waals surface area contributed by atoms with Crippen LogP contribution in [0.2, 0.25) is 0 Å². The lowest BCUT2D eigenvalue weighted by Crippen LogP contribution is -2.32. The van der Waals surface area contributed by atoms with E-state index in [0.717, 1.165) is 0 Å². The molecule has 0 unspecified atom stereocenters. The lowest BCUT2D eigenvalue weighted by molar-refractivity contribution is -0.384. The summed E-state index contributed by atoms with van der Waals surface area (Å²) in [6, 6.07) is 13.1. The summed E-state index contributed by atoms with van der Waals surface area (Å²) in [4.78, 5) is 22.1. The number of nitrogens with one attached hydrogen (secondary N) is 2. The minimum atomic E-state index is -0.481. The minimum absolute atomic E-state index is 0.00865. The number of nitro groups is 1. The second-order valence-electron chi connectivity index (χ2n) is 5.82. The predicted molar refractivity (Wildman–Crippen MR) is 109 cm³/mol. The molecule has 0 aliphatic rings. The van der Waals surface area contributed by atoms with Gasteiger partial charge in [-0.3, -0.25) is 20.2 Å². The molecule has 7 nitrogen and oxygen atoms in total. The van der Waals surface area contributed by atoms with Gasteiger partial charge < -0.3 is 10.1 Å². The Bertz CT molecular complexity index is 864. The van der Waals surface area contributed by atoms with Crippen molar-refractivity contribution < 1.29 is 14.5 Å². The lowest BCUT2D eigenvalue weighted by Gasteiger charge is -2.12. The standard InChI is InChI=1S/C19H19N3O4S/c1-13(2)26-17-5-3-4-15(12-17)20-19(27)21-18(23)11-8-14-6-9-16(10-7-14)22(24)25/h3-13H,1-2H3,(H2,20,21,23,27)/b11-8+.